The molecular formula is C20H26N2O2. The molecule has 0 spiro atoms. The number of aryl methyl sites for hydroxylation is 1. The molecular weight excluding hydrogens is 300 g/mol. The molecule has 1 aromatic carbocycles. The van der Waals surface area contributed by atoms with E-state index in [1.807, 2.05) is 4.90 Å². The van der Waals surface area contributed by atoms with Crippen molar-refractivity contribution in [3.63, 3.8) is 0 Å². The first-order chi connectivity index (χ1) is 11.6. The smallest absolute Gasteiger partial charge is 0.226 e. The maximum absolute atomic E-state index is 12.8. The maximum atomic E-state index is 12.8. The van der Waals surface area contributed by atoms with Gasteiger partial charge in [-0.15, -0.1) is 0 Å². The first-order valence-corrected chi connectivity index (χ1v) is 9.29. The van der Waals surface area contributed by atoms with Gasteiger partial charge in [-0.05, 0) is 51.0 Å². The molecule has 1 saturated heterocycles. The van der Waals surface area contributed by atoms with Gasteiger partial charge >= 0.3 is 0 Å². The van der Waals surface area contributed by atoms with E-state index < -0.39 is 0 Å². The number of nitrogens with one attached hydrogen (secondary N) is 1. The number of carbonyl (C=O) groups excluding carboxylic acids is 2. The van der Waals surface area contributed by atoms with Crippen molar-refractivity contribution in [3.05, 3.63) is 35.4 Å². The summed E-state index contributed by atoms with van der Waals surface area (Å²) >= 11 is 0. The van der Waals surface area contributed by atoms with E-state index >= 15 is 0 Å². The number of nitrogens with zero attached hydrogens (tertiary/aromatic N) is 1. The highest BCUT2D eigenvalue weighted by atomic mass is 16.2. The zero-order valence-corrected chi connectivity index (χ0v) is 14.3. The Hall–Kier alpha value is -1.84. The normalized spacial score (nSPS) is 27.0. The molecule has 1 aromatic rings. The van der Waals surface area contributed by atoms with Crippen LogP contribution in [0.1, 0.15) is 55.7 Å². The molecule has 1 heterocycles. The van der Waals surface area contributed by atoms with Crippen LogP contribution in [0.2, 0.25) is 0 Å². The molecule has 4 nitrogen and oxygen atoms in total. The van der Waals surface area contributed by atoms with Crippen molar-refractivity contribution in [1.82, 2.24) is 10.2 Å². The maximum Gasteiger partial charge on any atom is 0.226 e. The largest absolute Gasteiger partial charge is 0.353 e. The molecule has 0 aromatic heterocycles. The van der Waals surface area contributed by atoms with E-state index in [1.165, 1.54) is 11.1 Å². The van der Waals surface area contributed by atoms with Gasteiger partial charge in [-0.1, -0.05) is 29.8 Å². The quantitative estimate of drug-likeness (QED) is 0.925. The Kier molecular flexibility index (Phi) is 4.07. The summed E-state index contributed by atoms with van der Waals surface area (Å²) in [4.78, 5) is 27.3. The molecule has 3 aliphatic rings. The molecule has 0 bridgehead atoms. The standard InChI is InChI=1S/C20H26N2O2/c1-13-3-2-4-15(11-13)18-10-7-16(19(23)21-17-8-9-17)12-22(18)20(24)14-5-6-14/h2-4,11,14,16-18H,5-10,12H2,1H3,(H,21,23)/t16-,18-/m0/s1. The lowest BCUT2D eigenvalue weighted by Gasteiger charge is -2.40. The van der Waals surface area contributed by atoms with Crippen LogP contribution in [-0.4, -0.2) is 29.3 Å². The molecule has 24 heavy (non-hydrogen) atoms. The monoisotopic (exact) mass is 326 g/mol. The Morgan fingerprint density at radius 1 is 1.04 bits per heavy atom. The summed E-state index contributed by atoms with van der Waals surface area (Å²) in [5, 5.41) is 3.11. The molecule has 3 fully saturated rings. The van der Waals surface area contributed by atoms with Gasteiger partial charge < -0.3 is 10.2 Å². The van der Waals surface area contributed by atoms with Crippen LogP contribution in [0.4, 0.5) is 0 Å². The Morgan fingerprint density at radius 2 is 1.79 bits per heavy atom. The fourth-order valence-corrected chi connectivity index (χ4v) is 3.76. The Labute approximate surface area is 143 Å². The number of benzene rings is 1. The van der Waals surface area contributed by atoms with Gasteiger partial charge in [0.15, 0.2) is 0 Å². The second kappa shape index (κ2) is 6.23. The highest BCUT2D eigenvalue weighted by molar-refractivity contribution is 5.84. The van der Waals surface area contributed by atoms with Gasteiger partial charge in [0.25, 0.3) is 0 Å². The molecule has 4 heteroatoms. The summed E-state index contributed by atoms with van der Waals surface area (Å²) in [7, 11) is 0. The molecule has 2 amide bonds. The van der Waals surface area contributed by atoms with Gasteiger partial charge in [-0.3, -0.25) is 9.59 Å². The summed E-state index contributed by atoms with van der Waals surface area (Å²) in [6, 6.07) is 8.97. The Morgan fingerprint density at radius 3 is 2.46 bits per heavy atom. The van der Waals surface area contributed by atoms with E-state index in [0.29, 0.717) is 12.6 Å². The minimum atomic E-state index is -0.0469. The van der Waals surface area contributed by atoms with Crippen molar-refractivity contribution in [2.45, 2.75) is 57.5 Å². The summed E-state index contributed by atoms with van der Waals surface area (Å²) in [6.07, 6.45) is 5.98. The number of hydrogen-bond acceptors (Lipinski definition) is 2. The SMILES string of the molecule is Cc1cccc([C@@H]2CC[C@H](C(=O)NC3CC3)CN2C(=O)C2CC2)c1. The third kappa shape index (κ3) is 3.33. The van der Waals surface area contributed by atoms with Crippen LogP contribution in [0.5, 0.6) is 0 Å². The van der Waals surface area contributed by atoms with Crippen LogP contribution in [0.25, 0.3) is 0 Å². The lowest BCUT2D eigenvalue weighted by atomic mass is 9.87. The van der Waals surface area contributed by atoms with E-state index in [0.717, 1.165) is 38.5 Å². The number of likely N-dealkylation sites (tertiary alicyclic amines) is 1. The molecule has 1 aliphatic heterocycles. The summed E-state index contributed by atoms with van der Waals surface area (Å²) in [5.41, 5.74) is 2.44. The lowest BCUT2D eigenvalue weighted by Crippen LogP contribution is -2.47. The van der Waals surface area contributed by atoms with E-state index in [-0.39, 0.29) is 29.7 Å². The molecule has 1 N–H and O–H groups in total. The zero-order valence-electron chi connectivity index (χ0n) is 14.3. The molecule has 2 aliphatic carbocycles. The van der Waals surface area contributed by atoms with Crippen LogP contribution in [0.3, 0.4) is 0 Å². The number of hydrogen-bond donors (Lipinski definition) is 1. The van der Waals surface area contributed by atoms with Crippen LogP contribution < -0.4 is 5.32 Å². The number of carbonyl (C=O) groups is 2. The van der Waals surface area contributed by atoms with Gasteiger partial charge in [0.1, 0.15) is 0 Å². The minimum absolute atomic E-state index is 0.0469. The van der Waals surface area contributed by atoms with Gasteiger partial charge in [0.05, 0.1) is 12.0 Å². The predicted molar refractivity (Wildman–Crippen MR) is 92.2 cm³/mol. The third-order valence-corrected chi connectivity index (χ3v) is 5.51. The van der Waals surface area contributed by atoms with E-state index in [9.17, 15) is 9.59 Å². The first kappa shape index (κ1) is 15.7. The number of rotatable bonds is 4. The average Bonchev–Trinajstić information content (AvgIpc) is 3.46. The average molecular weight is 326 g/mol. The fourth-order valence-electron chi connectivity index (χ4n) is 3.76. The van der Waals surface area contributed by atoms with Gasteiger partial charge in [0, 0.05) is 18.5 Å². The highest BCUT2D eigenvalue weighted by Gasteiger charge is 2.41. The van der Waals surface area contributed by atoms with Crippen molar-refractivity contribution >= 4 is 11.8 Å². The number of amides is 2. The van der Waals surface area contributed by atoms with Crippen LogP contribution in [0.15, 0.2) is 24.3 Å². The second-order valence-electron chi connectivity index (χ2n) is 7.75. The van der Waals surface area contributed by atoms with E-state index in [1.54, 1.807) is 0 Å². The minimum Gasteiger partial charge on any atom is -0.353 e. The summed E-state index contributed by atoms with van der Waals surface area (Å²) in [6.45, 7) is 2.66. The summed E-state index contributed by atoms with van der Waals surface area (Å²) in [5.74, 6) is 0.552. The van der Waals surface area contributed by atoms with Gasteiger partial charge in [0.2, 0.25) is 11.8 Å². The van der Waals surface area contributed by atoms with Crippen molar-refractivity contribution in [1.29, 1.82) is 0 Å². The van der Waals surface area contributed by atoms with Crippen molar-refractivity contribution in [3.8, 4) is 0 Å². The van der Waals surface area contributed by atoms with E-state index in [2.05, 4.69) is 36.5 Å². The molecule has 0 radical (unpaired) electrons. The van der Waals surface area contributed by atoms with Crippen molar-refractivity contribution in [2.24, 2.45) is 11.8 Å². The third-order valence-electron chi connectivity index (χ3n) is 5.51. The van der Waals surface area contributed by atoms with E-state index in [4.69, 9.17) is 0 Å². The van der Waals surface area contributed by atoms with Crippen molar-refractivity contribution in [2.75, 3.05) is 6.54 Å². The zero-order chi connectivity index (χ0) is 16.7. The topological polar surface area (TPSA) is 49.4 Å². The lowest BCUT2D eigenvalue weighted by molar-refractivity contribution is -0.140. The Balaban J connectivity index is 1.53. The van der Waals surface area contributed by atoms with Crippen LogP contribution in [-0.2, 0) is 9.59 Å². The van der Waals surface area contributed by atoms with Crippen molar-refractivity contribution < 1.29 is 9.59 Å². The molecule has 2 atom stereocenters. The first-order valence-electron chi connectivity index (χ1n) is 9.29. The Bertz CT molecular complexity index is 649. The second-order valence-corrected chi connectivity index (χ2v) is 7.75. The van der Waals surface area contributed by atoms with Gasteiger partial charge in [-0.2, -0.15) is 0 Å². The fraction of sp³-hybridized carbons (Fsp3) is 0.600. The molecule has 2 saturated carbocycles. The highest BCUT2D eigenvalue weighted by Crippen LogP contribution is 2.39. The molecule has 4 rings (SSSR count). The molecule has 128 valence electrons. The predicted octanol–water partition coefficient (Wildman–Crippen LogP) is 2.96. The van der Waals surface area contributed by atoms with Gasteiger partial charge in [-0.25, -0.2) is 0 Å². The van der Waals surface area contributed by atoms with Crippen LogP contribution in [0, 0.1) is 18.8 Å². The summed E-state index contributed by atoms with van der Waals surface area (Å²) < 4.78 is 0. The van der Waals surface area contributed by atoms with Crippen LogP contribution >= 0.6 is 0 Å². The molecule has 0 unspecified atom stereocenters. The number of piperidine rings is 1.